The van der Waals surface area contributed by atoms with Gasteiger partial charge in [0.1, 0.15) is 5.75 Å². The molecule has 1 rings (SSSR count). The number of phenolic OH excluding ortho intramolecular Hbond substituents is 1. The molecule has 0 aliphatic rings. The molecular formula is C6H7LiO2. The standard InChI is InChI=1S/C6H6O.Li.H2O/c7-6-4-2-1-3-5-6;;/h1-5,7H;;1H2/q;+1;/p-1. The van der Waals surface area contributed by atoms with Crippen LogP contribution in [-0.4, -0.2) is 10.6 Å². The fraction of sp³-hybridized carbons (Fsp3) is 0. The number of benzene rings is 1. The molecule has 0 atom stereocenters. The minimum atomic E-state index is 0. The maximum Gasteiger partial charge on any atom is 1.00 e. The van der Waals surface area contributed by atoms with Gasteiger partial charge < -0.3 is 10.6 Å². The fourth-order valence-electron chi connectivity index (χ4n) is 0.428. The second kappa shape index (κ2) is 5.71. The van der Waals surface area contributed by atoms with Crippen LogP contribution in [0.4, 0.5) is 0 Å². The molecule has 1 aromatic carbocycles. The monoisotopic (exact) mass is 118 g/mol. The van der Waals surface area contributed by atoms with E-state index < -0.39 is 0 Å². The quantitative estimate of drug-likeness (QED) is 0.409. The molecule has 9 heavy (non-hydrogen) atoms. The molecule has 0 saturated carbocycles. The summed E-state index contributed by atoms with van der Waals surface area (Å²) >= 11 is 0. The van der Waals surface area contributed by atoms with E-state index in [4.69, 9.17) is 5.11 Å². The van der Waals surface area contributed by atoms with E-state index in [1.807, 2.05) is 6.07 Å². The maximum absolute atomic E-state index is 8.63. The van der Waals surface area contributed by atoms with Crippen LogP contribution < -0.4 is 18.9 Å². The van der Waals surface area contributed by atoms with Crippen LogP contribution in [0, 0.1) is 0 Å². The summed E-state index contributed by atoms with van der Waals surface area (Å²) in [5.41, 5.74) is 0. The molecule has 0 bridgehead atoms. The van der Waals surface area contributed by atoms with Crippen molar-refractivity contribution in [3.8, 4) is 5.75 Å². The molecule has 2 nitrogen and oxygen atoms in total. The van der Waals surface area contributed by atoms with Crippen LogP contribution in [0.2, 0.25) is 0 Å². The summed E-state index contributed by atoms with van der Waals surface area (Å²) < 4.78 is 0. The van der Waals surface area contributed by atoms with Crippen molar-refractivity contribution in [2.75, 3.05) is 0 Å². The summed E-state index contributed by atoms with van der Waals surface area (Å²) in [5, 5.41) is 8.63. The Bertz CT molecular complexity index is 141. The Balaban J connectivity index is 0. The third-order valence-corrected chi connectivity index (χ3v) is 0.756. The maximum atomic E-state index is 8.63. The fourth-order valence-corrected chi connectivity index (χ4v) is 0.428. The Kier molecular flexibility index (Phi) is 7.22. The summed E-state index contributed by atoms with van der Waals surface area (Å²) in [5.74, 6) is 0.322. The van der Waals surface area contributed by atoms with Gasteiger partial charge in [0.15, 0.2) is 0 Å². The molecule has 3 heteroatoms. The topological polar surface area (TPSA) is 50.2 Å². The van der Waals surface area contributed by atoms with E-state index in [1.54, 1.807) is 24.3 Å². The molecule has 0 aliphatic heterocycles. The molecule has 0 aromatic heterocycles. The molecule has 44 valence electrons. The molecule has 0 saturated heterocycles. The van der Waals surface area contributed by atoms with Gasteiger partial charge >= 0.3 is 18.9 Å². The van der Waals surface area contributed by atoms with Crippen LogP contribution in [0.3, 0.4) is 0 Å². The van der Waals surface area contributed by atoms with Crippen molar-refractivity contribution in [2.45, 2.75) is 0 Å². The average molecular weight is 118 g/mol. The predicted molar refractivity (Wildman–Crippen MR) is 30.0 cm³/mol. The van der Waals surface area contributed by atoms with E-state index in [0.29, 0.717) is 5.75 Å². The zero-order valence-corrected chi connectivity index (χ0v) is 5.28. The van der Waals surface area contributed by atoms with Crippen LogP contribution in [0.15, 0.2) is 30.3 Å². The van der Waals surface area contributed by atoms with Crippen molar-refractivity contribution < 1.29 is 29.4 Å². The van der Waals surface area contributed by atoms with Crippen LogP contribution in [-0.2, 0) is 0 Å². The Hall–Kier alpha value is -0.423. The number of para-hydroxylation sites is 1. The smallest absolute Gasteiger partial charge is 0.870 e. The molecule has 0 heterocycles. The van der Waals surface area contributed by atoms with E-state index in [0.717, 1.165) is 0 Å². The number of rotatable bonds is 0. The molecule has 0 fully saturated rings. The largest absolute Gasteiger partial charge is 1.00 e. The van der Waals surface area contributed by atoms with Crippen LogP contribution in [0.25, 0.3) is 0 Å². The van der Waals surface area contributed by atoms with Gasteiger partial charge in [0.25, 0.3) is 0 Å². The number of hydrogen-bond acceptors (Lipinski definition) is 2. The minimum Gasteiger partial charge on any atom is -0.870 e. The van der Waals surface area contributed by atoms with Crippen LogP contribution in [0.5, 0.6) is 5.75 Å². The van der Waals surface area contributed by atoms with Gasteiger partial charge in [0.2, 0.25) is 0 Å². The van der Waals surface area contributed by atoms with Gasteiger partial charge in [-0.05, 0) is 12.1 Å². The normalized spacial score (nSPS) is 6.67. The molecule has 0 spiro atoms. The Labute approximate surface area is 66.0 Å². The zero-order chi connectivity index (χ0) is 5.11. The molecule has 0 aliphatic carbocycles. The Morgan fingerprint density at radius 3 is 1.67 bits per heavy atom. The van der Waals surface area contributed by atoms with Crippen LogP contribution in [0.1, 0.15) is 0 Å². The summed E-state index contributed by atoms with van der Waals surface area (Å²) in [6, 6.07) is 8.71. The first-order valence-corrected chi connectivity index (χ1v) is 2.13. The van der Waals surface area contributed by atoms with E-state index in [2.05, 4.69) is 0 Å². The minimum absolute atomic E-state index is 0. The first-order chi connectivity index (χ1) is 3.39. The molecular weight excluding hydrogens is 111 g/mol. The molecule has 0 radical (unpaired) electrons. The van der Waals surface area contributed by atoms with Crippen molar-refractivity contribution in [2.24, 2.45) is 0 Å². The third kappa shape index (κ3) is 4.11. The summed E-state index contributed by atoms with van der Waals surface area (Å²) in [6.45, 7) is 0. The van der Waals surface area contributed by atoms with Crippen molar-refractivity contribution in [1.82, 2.24) is 0 Å². The second-order valence-corrected chi connectivity index (χ2v) is 1.34. The van der Waals surface area contributed by atoms with E-state index >= 15 is 0 Å². The Morgan fingerprint density at radius 1 is 1.00 bits per heavy atom. The second-order valence-electron chi connectivity index (χ2n) is 1.34. The number of aromatic hydroxyl groups is 1. The van der Waals surface area contributed by atoms with Crippen molar-refractivity contribution in [1.29, 1.82) is 0 Å². The average Bonchev–Trinajstić information content (AvgIpc) is 1.69. The Morgan fingerprint density at radius 2 is 1.44 bits per heavy atom. The van der Waals surface area contributed by atoms with Crippen LogP contribution >= 0.6 is 0 Å². The predicted octanol–water partition coefficient (Wildman–Crippen LogP) is -1.78. The SMILES string of the molecule is Oc1ccccc1.[Li+].[OH-]. The van der Waals surface area contributed by atoms with Gasteiger partial charge in [0.05, 0.1) is 0 Å². The summed E-state index contributed by atoms with van der Waals surface area (Å²) in [7, 11) is 0. The van der Waals surface area contributed by atoms with Gasteiger partial charge in [0, 0.05) is 0 Å². The van der Waals surface area contributed by atoms with Gasteiger partial charge in [-0.1, -0.05) is 18.2 Å². The molecule has 0 unspecified atom stereocenters. The van der Waals surface area contributed by atoms with E-state index in [9.17, 15) is 0 Å². The van der Waals surface area contributed by atoms with Gasteiger partial charge in [-0.15, -0.1) is 0 Å². The zero-order valence-electron chi connectivity index (χ0n) is 5.28. The molecule has 1 aromatic rings. The summed E-state index contributed by atoms with van der Waals surface area (Å²) in [4.78, 5) is 0. The molecule has 2 N–H and O–H groups in total. The number of phenols is 1. The van der Waals surface area contributed by atoms with Crippen molar-refractivity contribution >= 4 is 0 Å². The summed E-state index contributed by atoms with van der Waals surface area (Å²) in [6.07, 6.45) is 0. The van der Waals surface area contributed by atoms with Crippen molar-refractivity contribution in [3.63, 3.8) is 0 Å². The van der Waals surface area contributed by atoms with E-state index in [1.165, 1.54) is 0 Å². The molecule has 0 amide bonds. The number of hydrogen-bond donors (Lipinski definition) is 1. The third-order valence-electron chi connectivity index (χ3n) is 0.756. The van der Waals surface area contributed by atoms with Gasteiger partial charge in [-0.2, -0.15) is 0 Å². The van der Waals surface area contributed by atoms with Gasteiger partial charge in [-0.25, -0.2) is 0 Å². The van der Waals surface area contributed by atoms with Crippen molar-refractivity contribution in [3.05, 3.63) is 30.3 Å². The first-order valence-electron chi connectivity index (χ1n) is 2.13. The van der Waals surface area contributed by atoms with Gasteiger partial charge in [-0.3, -0.25) is 0 Å². The van der Waals surface area contributed by atoms with E-state index in [-0.39, 0.29) is 24.3 Å². The first kappa shape index (κ1) is 11.4.